The summed E-state index contributed by atoms with van der Waals surface area (Å²) in [5.41, 5.74) is 0. The molecule has 0 spiro atoms. The highest BCUT2D eigenvalue weighted by Crippen LogP contribution is 2.36. The second-order valence-electron chi connectivity index (χ2n) is 6.37. The van der Waals surface area contributed by atoms with E-state index in [9.17, 15) is 5.11 Å². The third kappa shape index (κ3) is 6.26. The van der Waals surface area contributed by atoms with Crippen LogP contribution in [-0.4, -0.2) is 26.1 Å². The second kappa shape index (κ2) is 6.58. The molecule has 0 unspecified atom stereocenters. The van der Waals surface area contributed by atoms with Crippen molar-refractivity contribution in [2.45, 2.75) is 65.3 Å². The Morgan fingerprint density at radius 2 is 1.76 bits per heavy atom. The Kier molecular flexibility index (Phi) is 6.46. The van der Waals surface area contributed by atoms with E-state index in [0.717, 1.165) is 0 Å². The van der Waals surface area contributed by atoms with Crippen LogP contribution in [0.3, 0.4) is 0 Å². The van der Waals surface area contributed by atoms with Crippen LogP contribution in [0.5, 0.6) is 0 Å². The summed E-state index contributed by atoms with van der Waals surface area (Å²) < 4.78 is 5.99. The highest BCUT2D eigenvalue weighted by molar-refractivity contribution is 6.74. The van der Waals surface area contributed by atoms with E-state index in [0.29, 0.717) is 13.0 Å². The van der Waals surface area contributed by atoms with Crippen molar-refractivity contribution >= 4 is 8.32 Å². The van der Waals surface area contributed by atoms with E-state index in [1.165, 1.54) is 0 Å². The zero-order valence-electron chi connectivity index (χ0n) is 12.4. The Bertz CT molecular complexity index is 279. The van der Waals surface area contributed by atoms with Crippen molar-refractivity contribution in [3.8, 4) is 11.8 Å². The highest BCUT2D eigenvalue weighted by Gasteiger charge is 2.36. The summed E-state index contributed by atoms with van der Waals surface area (Å²) >= 11 is 0. The highest BCUT2D eigenvalue weighted by atomic mass is 28.4. The number of rotatable bonds is 4. The zero-order chi connectivity index (χ0) is 13.7. The van der Waals surface area contributed by atoms with E-state index < -0.39 is 14.4 Å². The van der Waals surface area contributed by atoms with Crippen molar-refractivity contribution in [1.29, 1.82) is 0 Å². The molecule has 0 rings (SSSR count). The third-order valence-electron chi connectivity index (χ3n) is 3.38. The molecule has 0 aliphatic carbocycles. The van der Waals surface area contributed by atoms with Gasteiger partial charge in [-0.2, -0.15) is 0 Å². The van der Waals surface area contributed by atoms with Crippen LogP contribution in [0, 0.1) is 17.8 Å². The number of hydrogen-bond acceptors (Lipinski definition) is 2. The van der Waals surface area contributed by atoms with Crippen molar-refractivity contribution < 1.29 is 9.53 Å². The fourth-order valence-electron chi connectivity index (χ4n) is 0.917. The summed E-state index contributed by atoms with van der Waals surface area (Å²) in [5, 5.41) is 9.76. The predicted octanol–water partition coefficient (Wildman–Crippen LogP) is 3.42. The van der Waals surface area contributed by atoms with Gasteiger partial charge in [0.15, 0.2) is 8.32 Å². The van der Waals surface area contributed by atoms with Crippen LogP contribution in [0.4, 0.5) is 0 Å². The van der Waals surface area contributed by atoms with Gasteiger partial charge in [-0.15, -0.1) is 0 Å². The largest absolute Gasteiger partial charge is 0.416 e. The molecular formula is C14H28O2Si. The Hall–Kier alpha value is -0.303. The molecule has 0 amide bonds. The molecule has 0 radical (unpaired) electrons. The van der Waals surface area contributed by atoms with Crippen LogP contribution >= 0.6 is 0 Å². The van der Waals surface area contributed by atoms with Gasteiger partial charge < -0.3 is 9.53 Å². The lowest BCUT2D eigenvalue weighted by Gasteiger charge is -2.35. The van der Waals surface area contributed by atoms with Gasteiger partial charge in [0.25, 0.3) is 0 Å². The minimum absolute atomic E-state index is 0.198. The molecule has 0 fully saturated rings. The third-order valence-corrected chi connectivity index (χ3v) is 7.92. The fourth-order valence-corrected chi connectivity index (χ4v) is 1.96. The minimum Gasteiger partial charge on any atom is -0.416 e. The minimum atomic E-state index is -1.63. The average Bonchev–Trinajstić information content (AvgIpc) is 2.14. The van der Waals surface area contributed by atoms with Gasteiger partial charge in [0.1, 0.15) is 6.10 Å². The number of hydrogen-bond donors (Lipinski definition) is 1. The molecule has 0 aliphatic rings. The van der Waals surface area contributed by atoms with Gasteiger partial charge in [0.05, 0.1) is 0 Å². The lowest BCUT2D eigenvalue weighted by Crippen LogP contribution is -2.40. The van der Waals surface area contributed by atoms with Crippen molar-refractivity contribution in [3.63, 3.8) is 0 Å². The lowest BCUT2D eigenvalue weighted by molar-refractivity contribution is 0.181. The van der Waals surface area contributed by atoms with Crippen LogP contribution < -0.4 is 0 Å². The average molecular weight is 256 g/mol. The van der Waals surface area contributed by atoms with E-state index in [1.807, 2.05) is 13.8 Å². The van der Waals surface area contributed by atoms with E-state index in [2.05, 4.69) is 45.7 Å². The van der Waals surface area contributed by atoms with E-state index >= 15 is 0 Å². The van der Waals surface area contributed by atoms with Gasteiger partial charge in [-0.3, -0.25) is 0 Å². The SMILES string of the molecule is CC(C)[C@@H](O)C#CCCO[Si](C)(C)C(C)(C)C. The summed E-state index contributed by atoms with van der Waals surface area (Å²) in [6, 6.07) is 0. The Morgan fingerprint density at radius 3 is 2.18 bits per heavy atom. The van der Waals surface area contributed by atoms with E-state index in [-0.39, 0.29) is 11.0 Å². The fraction of sp³-hybridized carbons (Fsp3) is 0.857. The van der Waals surface area contributed by atoms with Crippen LogP contribution in [0.25, 0.3) is 0 Å². The molecule has 3 heteroatoms. The quantitative estimate of drug-likeness (QED) is 0.474. The number of aliphatic hydroxyl groups excluding tert-OH is 1. The second-order valence-corrected chi connectivity index (χ2v) is 11.2. The zero-order valence-corrected chi connectivity index (χ0v) is 13.4. The lowest BCUT2D eigenvalue weighted by atomic mass is 10.1. The standard InChI is InChI=1S/C14H28O2Si/c1-12(2)13(15)10-8-9-11-16-17(6,7)14(3,4)5/h12-13,15H,9,11H2,1-7H3/t13-/m0/s1. The molecular weight excluding hydrogens is 228 g/mol. The van der Waals surface area contributed by atoms with Gasteiger partial charge in [-0.1, -0.05) is 46.5 Å². The van der Waals surface area contributed by atoms with Crippen LogP contribution in [0.15, 0.2) is 0 Å². The molecule has 17 heavy (non-hydrogen) atoms. The van der Waals surface area contributed by atoms with E-state index in [1.54, 1.807) is 0 Å². The van der Waals surface area contributed by atoms with Crippen molar-refractivity contribution in [2.24, 2.45) is 5.92 Å². The molecule has 0 heterocycles. The monoisotopic (exact) mass is 256 g/mol. The maximum atomic E-state index is 9.51. The van der Waals surface area contributed by atoms with Crippen molar-refractivity contribution in [3.05, 3.63) is 0 Å². The Balaban J connectivity index is 4.02. The van der Waals surface area contributed by atoms with Gasteiger partial charge in [0.2, 0.25) is 0 Å². The van der Waals surface area contributed by atoms with Crippen molar-refractivity contribution in [1.82, 2.24) is 0 Å². The first-order valence-electron chi connectivity index (χ1n) is 6.38. The summed E-state index contributed by atoms with van der Waals surface area (Å²) in [4.78, 5) is 0. The summed E-state index contributed by atoms with van der Waals surface area (Å²) in [6.07, 6.45) is 0.193. The molecule has 100 valence electrons. The number of aliphatic hydroxyl groups is 1. The molecule has 0 bridgehead atoms. The predicted molar refractivity (Wildman–Crippen MR) is 76.4 cm³/mol. The van der Waals surface area contributed by atoms with Crippen molar-refractivity contribution in [2.75, 3.05) is 6.61 Å². The first kappa shape index (κ1) is 16.7. The summed E-state index contributed by atoms with van der Waals surface area (Å²) in [5.74, 6) is 6.03. The van der Waals surface area contributed by atoms with Crippen LogP contribution in [-0.2, 0) is 4.43 Å². The maximum Gasteiger partial charge on any atom is 0.192 e. The van der Waals surface area contributed by atoms with Gasteiger partial charge >= 0.3 is 0 Å². The molecule has 0 aromatic carbocycles. The summed E-state index contributed by atoms with van der Waals surface area (Å²) in [6.45, 7) is 15.8. The Labute approximate surface area is 108 Å². The molecule has 0 saturated carbocycles. The van der Waals surface area contributed by atoms with Gasteiger partial charge in [-0.05, 0) is 24.1 Å². The van der Waals surface area contributed by atoms with Gasteiger partial charge in [0, 0.05) is 13.0 Å². The molecule has 1 N–H and O–H groups in total. The summed E-state index contributed by atoms with van der Waals surface area (Å²) in [7, 11) is -1.63. The van der Waals surface area contributed by atoms with E-state index in [4.69, 9.17) is 4.43 Å². The molecule has 0 aromatic rings. The van der Waals surface area contributed by atoms with Crippen LogP contribution in [0.2, 0.25) is 18.1 Å². The van der Waals surface area contributed by atoms with Crippen LogP contribution in [0.1, 0.15) is 41.0 Å². The first-order chi connectivity index (χ1) is 7.58. The first-order valence-corrected chi connectivity index (χ1v) is 9.29. The molecule has 2 nitrogen and oxygen atoms in total. The topological polar surface area (TPSA) is 29.5 Å². The molecule has 0 saturated heterocycles. The smallest absolute Gasteiger partial charge is 0.192 e. The maximum absolute atomic E-state index is 9.51. The normalized spacial score (nSPS) is 14.4. The van der Waals surface area contributed by atoms with Gasteiger partial charge in [-0.25, -0.2) is 0 Å². The molecule has 0 aromatic heterocycles. The molecule has 0 aliphatic heterocycles. The molecule has 1 atom stereocenters. The Morgan fingerprint density at radius 1 is 1.24 bits per heavy atom.